The second-order valence-electron chi connectivity index (χ2n) is 4.24. The Labute approximate surface area is 97.8 Å². The molecule has 0 bridgehead atoms. The summed E-state index contributed by atoms with van der Waals surface area (Å²) in [5, 5.41) is 19.8. The van der Waals surface area contributed by atoms with E-state index in [0.29, 0.717) is 0 Å². The number of aliphatic hydroxyl groups is 1. The van der Waals surface area contributed by atoms with Crippen molar-refractivity contribution in [3.8, 4) is 5.75 Å². The van der Waals surface area contributed by atoms with E-state index in [2.05, 4.69) is 9.98 Å². The highest BCUT2D eigenvalue weighted by Crippen LogP contribution is 2.30. The van der Waals surface area contributed by atoms with E-state index >= 15 is 0 Å². The Balaban J connectivity index is 2.47. The molecular weight excluding hydrogens is 222 g/mol. The van der Waals surface area contributed by atoms with Gasteiger partial charge in [0.25, 0.3) is 0 Å². The normalized spacial score (nSPS) is 27.9. The molecule has 1 unspecified atom stereocenters. The zero-order chi connectivity index (χ0) is 12.6. The molecule has 1 aromatic heterocycles. The molecular formula is C11H13N3O3. The third-order valence-electron chi connectivity index (χ3n) is 2.73. The van der Waals surface area contributed by atoms with Crippen molar-refractivity contribution in [1.29, 1.82) is 0 Å². The number of primary amides is 1. The van der Waals surface area contributed by atoms with Crippen LogP contribution in [0.25, 0.3) is 0 Å². The van der Waals surface area contributed by atoms with E-state index in [9.17, 15) is 15.0 Å². The van der Waals surface area contributed by atoms with Crippen molar-refractivity contribution in [3.05, 3.63) is 24.0 Å². The van der Waals surface area contributed by atoms with Gasteiger partial charge in [0.15, 0.2) is 0 Å². The minimum Gasteiger partial charge on any atom is -0.506 e. The second-order valence-corrected chi connectivity index (χ2v) is 4.24. The van der Waals surface area contributed by atoms with E-state index in [4.69, 9.17) is 5.73 Å². The van der Waals surface area contributed by atoms with Crippen LogP contribution in [0.3, 0.4) is 0 Å². The molecule has 2 heterocycles. The molecule has 0 aromatic carbocycles. The number of hydrogen-bond donors (Lipinski definition) is 3. The van der Waals surface area contributed by atoms with Gasteiger partial charge in [-0.1, -0.05) is 0 Å². The van der Waals surface area contributed by atoms with Crippen LogP contribution in [-0.2, 0) is 4.79 Å². The zero-order valence-electron chi connectivity index (χ0n) is 9.29. The summed E-state index contributed by atoms with van der Waals surface area (Å²) in [6, 6.07) is 2.23. The SMILES string of the molecule is C[C@@]1(O)CC(C(N)=O)N=C1c1ncccc1O. The lowest BCUT2D eigenvalue weighted by atomic mass is 9.93. The van der Waals surface area contributed by atoms with Crippen LogP contribution >= 0.6 is 0 Å². The average molecular weight is 235 g/mol. The Morgan fingerprint density at radius 3 is 2.88 bits per heavy atom. The van der Waals surface area contributed by atoms with Crippen molar-refractivity contribution in [2.75, 3.05) is 0 Å². The molecule has 1 amide bonds. The van der Waals surface area contributed by atoms with Crippen LogP contribution in [0.15, 0.2) is 23.3 Å². The number of carbonyl (C=O) groups is 1. The molecule has 2 rings (SSSR count). The third-order valence-corrected chi connectivity index (χ3v) is 2.73. The van der Waals surface area contributed by atoms with Crippen LogP contribution in [-0.4, -0.2) is 38.5 Å². The first kappa shape index (κ1) is 11.5. The van der Waals surface area contributed by atoms with Crippen LogP contribution in [0, 0.1) is 0 Å². The largest absolute Gasteiger partial charge is 0.506 e. The van der Waals surface area contributed by atoms with Gasteiger partial charge in [-0.3, -0.25) is 14.8 Å². The van der Waals surface area contributed by atoms with Crippen LogP contribution < -0.4 is 5.73 Å². The molecule has 0 radical (unpaired) electrons. The molecule has 6 heteroatoms. The second kappa shape index (κ2) is 3.81. The summed E-state index contributed by atoms with van der Waals surface area (Å²) in [6.45, 7) is 1.52. The molecule has 0 saturated heterocycles. The fourth-order valence-corrected chi connectivity index (χ4v) is 1.87. The third kappa shape index (κ3) is 1.99. The van der Waals surface area contributed by atoms with Gasteiger partial charge in [-0.05, 0) is 19.1 Å². The first-order valence-electron chi connectivity index (χ1n) is 5.16. The topological polar surface area (TPSA) is 109 Å². The lowest BCUT2D eigenvalue weighted by Gasteiger charge is -2.19. The van der Waals surface area contributed by atoms with Gasteiger partial charge in [0.1, 0.15) is 23.1 Å². The van der Waals surface area contributed by atoms with Crippen molar-refractivity contribution in [2.45, 2.75) is 25.0 Å². The number of amides is 1. The number of carbonyl (C=O) groups excluding carboxylic acids is 1. The number of pyridine rings is 1. The monoisotopic (exact) mass is 235 g/mol. The summed E-state index contributed by atoms with van der Waals surface area (Å²) in [5.41, 5.74) is 4.22. The molecule has 0 spiro atoms. The summed E-state index contributed by atoms with van der Waals surface area (Å²) in [6.07, 6.45) is 1.58. The molecule has 1 aromatic rings. The zero-order valence-corrected chi connectivity index (χ0v) is 9.29. The van der Waals surface area contributed by atoms with E-state index in [1.165, 1.54) is 19.2 Å². The van der Waals surface area contributed by atoms with Gasteiger partial charge >= 0.3 is 0 Å². The van der Waals surface area contributed by atoms with Gasteiger partial charge < -0.3 is 15.9 Å². The standard InChI is InChI=1S/C11H13N3O3/c1-11(17)5-6(10(12)16)14-9(11)8-7(15)3-2-4-13-8/h2-4,6,15,17H,5H2,1H3,(H2,12,16)/t6?,11-/m1/s1. The molecule has 0 aliphatic carbocycles. The van der Waals surface area contributed by atoms with Gasteiger partial charge in [0, 0.05) is 12.6 Å². The van der Waals surface area contributed by atoms with E-state index in [1.54, 1.807) is 6.07 Å². The molecule has 0 saturated carbocycles. The Morgan fingerprint density at radius 2 is 2.35 bits per heavy atom. The van der Waals surface area contributed by atoms with E-state index in [0.717, 1.165) is 0 Å². The van der Waals surface area contributed by atoms with Crippen LogP contribution in [0.4, 0.5) is 0 Å². The number of rotatable bonds is 2. The Hall–Kier alpha value is -1.95. The maximum absolute atomic E-state index is 11.1. The maximum Gasteiger partial charge on any atom is 0.242 e. The summed E-state index contributed by atoms with van der Waals surface area (Å²) in [7, 11) is 0. The lowest BCUT2D eigenvalue weighted by Crippen LogP contribution is -2.35. The summed E-state index contributed by atoms with van der Waals surface area (Å²) >= 11 is 0. The fraction of sp³-hybridized carbons (Fsp3) is 0.364. The highest BCUT2D eigenvalue weighted by Gasteiger charge is 2.41. The Bertz CT molecular complexity index is 496. The molecule has 17 heavy (non-hydrogen) atoms. The highest BCUT2D eigenvalue weighted by molar-refractivity contribution is 6.09. The number of aromatic nitrogens is 1. The van der Waals surface area contributed by atoms with Crippen molar-refractivity contribution in [1.82, 2.24) is 4.98 Å². The van der Waals surface area contributed by atoms with Gasteiger partial charge in [0.2, 0.25) is 5.91 Å². The predicted octanol–water partition coefficient (Wildman–Crippen LogP) is -0.415. The van der Waals surface area contributed by atoms with E-state index < -0.39 is 17.6 Å². The molecule has 1 aliphatic heterocycles. The summed E-state index contributed by atoms with van der Waals surface area (Å²) < 4.78 is 0. The van der Waals surface area contributed by atoms with E-state index in [1.807, 2.05) is 0 Å². The maximum atomic E-state index is 11.1. The van der Waals surface area contributed by atoms with Gasteiger partial charge in [0.05, 0.1) is 5.71 Å². The first-order valence-corrected chi connectivity index (χ1v) is 5.16. The molecule has 0 fully saturated rings. The predicted molar refractivity (Wildman–Crippen MR) is 60.7 cm³/mol. The Morgan fingerprint density at radius 1 is 1.65 bits per heavy atom. The quantitative estimate of drug-likeness (QED) is 0.647. The lowest BCUT2D eigenvalue weighted by molar-refractivity contribution is -0.119. The minimum absolute atomic E-state index is 0.0864. The van der Waals surface area contributed by atoms with Crippen LogP contribution in [0.5, 0.6) is 5.75 Å². The van der Waals surface area contributed by atoms with Crippen LogP contribution in [0.2, 0.25) is 0 Å². The van der Waals surface area contributed by atoms with Gasteiger partial charge in [-0.2, -0.15) is 0 Å². The van der Waals surface area contributed by atoms with Crippen molar-refractivity contribution >= 4 is 11.6 Å². The number of aliphatic imine (C=N–C) groups is 1. The summed E-state index contributed by atoms with van der Waals surface area (Å²) in [4.78, 5) is 19.1. The van der Waals surface area contributed by atoms with Crippen molar-refractivity contribution in [2.24, 2.45) is 10.7 Å². The number of nitrogens with zero attached hydrogens (tertiary/aromatic N) is 2. The van der Waals surface area contributed by atoms with E-state index in [-0.39, 0.29) is 23.6 Å². The fourth-order valence-electron chi connectivity index (χ4n) is 1.87. The Kier molecular flexibility index (Phi) is 2.59. The smallest absolute Gasteiger partial charge is 0.242 e. The number of nitrogens with two attached hydrogens (primary N) is 1. The molecule has 6 nitrogen and oxygen atoms in total. The molecule has 4 N–H and O–H groups in total. The van der Waals surface area contributed by atoms with Gasteiger partial charge in [-0.15, -0.1) is 0 Å². The van der Waals surface area contributed by atoms with Crippen molar-refractivity contribution in [3.63, 3.8) is 0 Å². The highest BCUT2D eigenvalue weighted by atomic mass is 16.3. The molecule has 2 atom stereocenters. The molecule has 1 aliphatic rings. The first-order chi connectivity index (χ1) is 7.92. The van der Waals surface area contributed by atoms with Gasteiger partial charge in [-0.25, -0.2) is 0 Å². The minimum atomic E-state index is -1.31. The van der Waals surface area contributed by atoms with Crippen LogP contribution in [0.1, 0.15) is 19.0 Å². The molecule has 90 valence electrons. The summed E-state index contributed by atoms with van der Waals surface area (Å²) in [5.74, 6) is -0.688. The van der Waals surface area contributed by atoms with Crippen molar-refractivity contribution < 1.29 is 15.0 Å². The number of hydrogen-bond acceptors (Lipinski definition) is 5. The number of aromatic hydroxyl groups is 1. The average Bonchev–Trinajstić information content (AvgIpc) is 2.55.